The SMILES string of the molecule is CNc1ccc(-c2cn3cc(NC=O)nc3s2)cc1. The van der Waals surface area contributed by atoms with E-state index in [9.17, 15) is 4.79 Å². The average molecular weight is 272 g/mol. The molecule has 0 fully saturated rings. The van der Waals surface area contributed by atoms with E-state index in [0.717, 1.165) is 21.1 Å². The third kappa shape index (κ3) is 2.17. The van der Waals surface area contributed by atoms with Crippen molar-refractivity contribution in [3.63, 3.8) is 0 Å². The lowest BCUT2D eigenvalue weighted by Gasteiger charge is -2.00. The smallest absolute Gasteiger partial charge is 0.212 e. The lowest BCUT2D eigenvalue weighted by molar-refractivity contribution is -0.105. The second-order valence-electron chi connectivity index (χ2n) is 4.00. The number of nitrogens with one attached hydrogen (secondary N) is 2. The summed E-state index contributed by atoms with van der Waals surface area (Å²) in [5.41, 5.74) is 2.24. The van der Waals surface area contributed by atoms with Gasteiger partial charge in [-0.05, 0) is 17.7 Å². The number of anilines is 2. The number of carbonyl (C=O) groups is 1. The molecule has 5 nitrogen and oxygen atoms in total. The Morgan fingerprint density at radius 3 is 2.68 bits per heavy atom. The second-order valence-corrected chi connectivity index (χ2v) is 5.01. The Hall–Kier alpha value is -2.34. The molecular weight excluding hydrogens is 260 g/mol. The fraction of sp³-hybridized carbons (Fsp3) is 0.0769. The Morgan fingerprint density at radius 2 is 2.05 bits per heavy atom. The van der Waals surface area contributed by atoms with Crippen molar-refractivity contribution in [1.29, 1.82) is 0 Å². The molecule has 19 heavy (non-hydrogen) atoms. The molecule has 1 aromatic carbocycles. The van der Waals surface area contributed by atoms with E-state index >= 15 is 0 Å². The molecule has 0 spiro atoms. The van der Waals surface area contributed by atoms with Gasteiger partial charge in [-0.2, -0.15) is 0 Å². The van der Waals surface area contributed by atoms with Gasteiger partial charge in [-0.15, -0.1) is 0 Å². The predicted octanol–water partition coefficient (Wildman–Crippen LogP) is 2.67. The standard InChI is InChI=1S/C13H12N4OS/c1-14-10-4-2-9(3-5-10)11-6-17-7-12(15-8-18)16-13(17)19-11/h2-8,14H,1H3,(H,15,18). The van der Waals surface area contributed by atoms with Crippen molar-refractivity contribution in [2.75, 3.05) is 17.7 Å². The Morgan fingerprint density at radius 1 is 1.26 bits per heavy atom. The zero-order chi connectivity index (χ0) is 13.2. The van der Waals surface area contributed by atoms with Crippen LogP contribution in [0.5, 0.6) is 0 Å². The zero-order valence-corrected chi connectivity index (χ0v) is 11.1. The van der Waals surface area contributed by atoms with Crippen molar-refractivity contribution >= 4 is 34.2 Å². The summed E-state index contributed by atoms with van der Waals surface area (Å²) in [4.78, 5) is 16.7. The lowest BCUT2D eigenvalue weighted by Crippen LogP contribution is -1.92. The van der Waals surface area contributed by atoms with E-state index in [0.29, 0.717) is 12.2 Å². The number of nitrogens with zero attached hydrogens (tertiary/aromatic N) is 2. The van der Waals surface area contributed by atoms with Gasteiger partial charge in [-0.25, -0.2) is 4.98 Å². The van der Waals surface area contributed by atoms with Gasteiger partial charge in [0, 0.05) is 18.9 Å². The quantitative estimate of drug-likeness (QED) is 0.718. The van der Waals surface area contributed by atoms with Crippen molar-refractivity contribution in [2.24, 2.45) is 0 Å². The monoisotopic (exact) mass is 272 g/mol. The first-order chi connectivity index (χ1) is 9.30. The number of carbonyl (C=O) groups excluding carboxylic acids is 1. The van der Waals surface area contributed by atoms with Crippen LogP contribution in [0.25, 0.3) is 15.4 Å². The van der Waals surface area contributed by atoms with Gasteiger partial charge in [0.25, 0.3) is 0 Å². The number of thiazole rings is 1. The number of aromatic nitrogens is 2. The lowest BCUT2D eigenvalue weighted by atomic mass is 10.2. The van der Waals surface area contributed by atoms with Crippen molar-refractivity contribution in [2.45, 2.75) is 0 Å². The molecule has 0 radical (unpaired) electrons. The molecule has 3 rings (SSSR count). The number of imidazole rings is 1. The maximum atomic E-state index is 10.4. The molecule has 2 aromatic heterocycles. The first-order valence-electron chi connectivity index (χ1n) is 5.77. The Kier molecular flexibility index (Phi) is 2.92. The number of rotatable bonds is 4. The predicted molar refractivity (Wildman–Crippen MR) is 77.7 cm³/mol. The van der Waals surface area contributed by atoms with Crippen LogP contribution in [0.2, 0.25) is 0 Å². The van der Waals surface area contributed by atoms with E-state index in [1.807, 2.05) is 29.8 Å². The number of amides is 1. The van der Waals surface area contributed by atoms with Gasteiger partial charge < -0.3 is 10.6 Å². The van der Waals surface area contributed by atoms with Crippen LogP contribution >= 0.6 is 11.3 Å². The molecule has 6 heteroatoms. The minimum Gasteiger partial charge on any atom is -0.388 e. The molecule has 0 aliphatic heterocycles. The van der Waals surface area contributed by atoms with E-state index in [1.165, 1.54) is 0 Å². The van der Waals surface area contributed by atoms with E-state index in [1.54, 1.807) is 17.5 Å². The molecule has 0 bridgehead atoms. The first-order valence-corrected chi connectivity index (χ1v) is 6.59. The highest BCUT2D eigenvalue weighted by Crippen LogP contribution is 2.29. The molecule has 0 aliphatic rings. The van der Waals surface area contributed by atoms with E-state index < -0.39 is 0 Å². The molecular formula is C13H12N4OS. The van der Waals surface area contributed by atoms with Crippen LogP contribution in [0.1, 0.15) is 0 Å². The van der Waals surface area contributed by atoms with Gasteiger partial charge in [-0.3, -0.25) is 9.20 Å². The molecule has 3 aromatic rings. The summed E-state index contributed by atoms with van der Waals surface area (Å²) < 4.78 is 1.91. The molecule has 96 valence electrons. The third-order valence-electron chi connectivity index (χ3n) is 2.82. The van der Waals surface area contributed by atoms with Gasteiger partial charge >= 0.3 is 0 Å². The highest BCUT2D eigenvalue weighted by atomic mass is 32.1. The average Bonchev–Trinajstić information content (AvgIpc) is 2.97. The van der Waals surface area contributed by atoms with Crippen LogP contribution in [0, 0.1) is 0 Å². The first kappa shape index (κ1) is 11.7. The fourth-order valence-electron chi connectivity index (χ4n) is 1.86. The fourth-order valence-corrected chi connectivity index (χ4v) is 2.83. The molecule has 0 saturated carbocycles. The van der Waals surface area contributed by atoms with Gasteiger partial charge in [0.15, 0.2) is 10.8 Å². The molecule has 0 unspecified atom stereocenters. The van der Waals surface area contributed by atoms with Gasteiger partial charge in [0.1, 0.15) is 0 Å². The van der Waals surface area contributed by atoms with Gasteiger partial charge in [0.05, 0.1) is 11.1 Å². The van der Waals surface area contributed by atoms with E-state index in [4.69, 9.17) is 0 Å². The van der Waals surface area contributed by atoms with Crippen LogP contribution in [-0.2, 0) is 4.79 Å². The van der Waals surface area contributed by atoms with Crippen LogP contribution in [0.4, 0.5) is 11.5 Å². The number of fused-ring (bicyclic) bond motifs is 1. The number of hydrogen-bond donors (Lipinski definition) is 2. The van der Waals surface area contributed by atoms with Gasteiger partial charge in [-0.1, -0.05) is 23.5 Å². The summed E-state index contributed by atoms with van der Waals surface area (Å²) in [6, 6.07) is 8.22. The third-order valence-corrected chi connectivity index (χ3v) is 3.87. The Balaban J connectivity index is 1.95. The molecule has 0 saturated heterocycles. The molecule has 2 heterocycles. The van der Waals surface area contributed by atoms with Crippen LogP contribution in [0.3, 0.4) is 0 Å². The van der Waals surface area contributed by atoms with Crippen molar-refractivity contribution in [3.8, 4) is 10.4 Å². The highest BCUT2D eigenvalue weighted by Gasteiger charge is 2.07. The summed E-state index contributed by atoms with van der Waals surface area (Å²) >= 11 is 1.59. The zero-order valence-electron chi connectivity index (χ0n) is 10.3. The van der Waals surface area contributed by atoms with E-state index in [-0.39, 0.29) is 0 Å². The summed E-state index contributed by atoms with van der Waals surface area (Å²) in [5, 5.41) is 5.64. The molecule has 0 aliphatic carbocycles. The largest absolute Gasteiger partial charge is 0.388 e. The summed E-state index contributed by atoms with van der Waals surface area (Å²) in [7, 11) is 1.90. The molecule has 2 N–H and O–H groups in total. The topological polar surface area (TPSA) is 58.4 Å². The van der Waals surface area contributed by atoms with Crippen molar-refractivity contribution in [3.05, 3.63) is 36.7 Å². The second kappa shape index (κ2) is 4.74. The van der Waals surface area contributed by atoms with Crippen molar-refractivity contribution < 1.29 is 4.79 Å². The summed E-state index contributed by atoms with van der Waals surface area (Å²) in [6.07, 6.45) is 4.44. The van der Waals surface area contributed by atoms with Crippen LogP contribution in [-0.4, -0.2) is 22.8 Å². The Labute approximate surface area is 113 Å². The van der Waals surface area contributed by atoms with Crippen LogP contribution in [0.15, 0.2) is 36.7 Å². The maximum Gasteiger partial charge on any atom is 0.212 e. The van der Waals surface area contributed by atoms with Crippen molar-refractivity contribution in [1.82, 2.24) is 9.38 Å². The molecule has 1 amide bonds. The minimum absolute atomic E-state index is 0.568. The summed E-state index contributed by atoms with van der Waals surface area (Å²) in [5.74, 6) is 0.568. The van der Waals surface area contributed by atoms with E-state index in [2.05, 4.69) is 27.8 Å². The normalized spacial score (nSPS) is 10.6. The minimum atomic E-state index is 0.568. The molecule has 0 atom stereocenters. The number of hydrogen-bond acceptors (Lipinski definition) is 4. The number of benzene rings is 1. The Bertz CT molecular complexity index is 682. The van der Waals surface area contributed by atoms with Crippen LogP contribution < -0.4 is 10.6 Å². The summed E-state index contributed by atoms with van der Waals surface area (Å²) in [6.45, 7) is 0. The van der Waals surface area contributed by atoms with Gasteiger partial charge in [0.2, 0.25) is 6.41 Å². The highest BCUT2D eigenvalue weighted by molar-refractivity contribution is 7.20. The maximum absolute atomic E-state index is 10.4.